The molecule has 1 N–H and O–H groups in total. The molecule has 150 valence electrons. The number of nitrogens with zero attached hydrogens (tertiary/aromatic N) is 5. The number of nitrogens with one attached hydrogen (secondary N) is 1. The van der Waals surface area contributed by atoms with Crippen LogP contribution in [0, 0.1) is 0 Å². The lowest BCUT2D eigenvalue weighted by atomic mass is 10.1. The highest BCUT2D eigenvalue weighted by Crippen LogP contribution is 2.40. The van der Waals surface area contributed by atoms with E-state index in [0.717, 1.165) is 48.2 Å². The molecule has 2 aliphatic heterocycles. The highest BCUT2D eigenvalue weighted by molar-refractivity contribution is 6.30. The number of halogens is 1. The van der Waals surface area contributed by atoms with E-state index < -0.39 is 0 Å². The molecule has 2 aromatic heterocycles. The van der Waals surface area contributed by atoms with Gasteiger partial charge < -0.3 is 10.1 Å². The van der Waals surface area contributed by atoms with Gasteiger partial charge in [-0.25, -0.2) is 0 Å². The Bertz CT molecular complexity index is 1030. The van der Waals surface area contributed by atoms with Crippen molar-refractivity contribution in [1.29, 1.82) is 0 Å². The molecule has 4 heterocycles. The van der Waals surface area contributed by atoms with Gasteiger partial charge in [0.15, 0.2) is 0 Å². The van der Waals surface area contributed by atoms with Crippen LogP contribution < -0.4 is 5.32 Å². The van der Waals surface area contributed by atoms with Gasteiger partial charge in [0.2, 0.25) is 5.65 Å². The smallest absolute Gasteiger partial charge is 0.200 e. The van der Waals surface area contributed by atoms with Gasteiger partial charge in [0.25, 0.3) is 0 Å². The van der Waals surface area contributed by atoms with Crippen molar-refractivity contribution in [3.8, 4) is 0 Å². The van der Waals surface area contributed by atoms with Gasteiger partial charge in [-0.2, -0.15) is 9.61 Å². The minimum absolute atomic E-state index is 0.105. The molecular formula is C21H23ClN6O. The Morgan fingerprint density at radius 1 is 1.14 bits per heavy atom. The quantitative estimate of drug-likeness (QED) is 0.712. The zero-order chi connectivity index (χ0) is 19.4. The monoisotopic (exact) mass is 410 g/mol. The number of morpholine rings is 1. The van der Waals surface area contributed by atoms with Crippen LogP contribution in [0.1, 0.15) is 42.5 Å². The normalized spacial score (nSPS) is 27.3. The highest BCUT2D eigenvalue weighted by Gasteiger charge is 2.38. The molecule has 0 amide bonds. The van der Waals surface area contributed by atoms with Crippen LogP contribution in [0.5, 0.6) is 0 Å². The van der Waals surface area contributed by atoms with Crippen LogP contribution in [0.25, 0.3) is 5.65 Å². The van der Waals surface area contributed by atoms with E-state index in [2.05, 4.69) is 43.7 Å². The van der Waals surface area contributed by atoms with E-state index in [0.29, 0.717) is 18.0 Å². The second kappa shape index (κ2) is 6.93. The number of hydrogen-bond donors (Lipinski definition) is 1. The molecule has 1 aliphatic carbocycles. The third kappa shape index (κ3) is 3.37. The van der Waals surface area contributed by atoms with E-state index in [1.807, 2.05) is 12.1 Å². The lowest BCUT2D eigenvalue weighted by Crippen LogP contribution is -2.42. The molecule has 6 rings (SSSR count). The molecule has 0 radical (unpaired) electrons. The van der Waals surface area contributed by atoms with E-state index in [1.165, 1.54) is 18.4 Å². The molecule has 0 bridgehead atoms. The Labute approximate surface area is 174 Å². The number of rotatable bonds is 4. The molecule has 0 spiro atoms. The number of benzene rings is 1. The number of anilines is 1. The van der Waals surface area contributed by atoms with E-state index >= 15 is 0 Å². The first-order valence-corrected chi connectivity index (χ1v) is 10.7. The SMILES string of the molecule is Clc1ccc([C@H]2CN3C[C@@H](Nc4cc(C5CC5)nn5cnnc45)C[C@H]3CO2)cc1. The summed E-state index contributed by atoms with van der Waals surface area (Å²) in [6.45, 7) is 2.67. The van der Waals surface area contributed by atoms with Gasteiger partial charge in [-0.05, 0) is 43.0 Å². The maximum atomic E-state index is 6.18. The summed E-state index contributed by atoms with van der Waals surface area (Å²) in [6, 6.07) is 11.0. The highest BCUT2D eigenvalue weighted by atomic mass is 35.5. The Balaban J connectivity index is 1.18. The summed E-state index contributed by atoms with van der Waals surface area (Å²) in [6.07, 6.45) is 5.31. The molecule has 3 aromatic rings. The van der Waals surface area contributed by atoms with Crippen molar-refractivity contribution in [3.63, 3.8) is 0 Å². The van der Waals surface area contributed by atoms with Crippen LogP contribution in [0.3, 0.4) is 0 Å². The van der Waals surface area contributed by atoms with Gasteiger partial charge in [-0.15, -0.1) is 10.2 Å². The number of hydrogen-bond acceptors (Lipinski definition) is 6. The van der Waals surface area contributed by atoms with Crippen molar-refractivity contribution in [2.45, 2.75) is 43.4 Å². The minimum Gasteiger partial charge on any atom is -0.378 e. The summed E-state index contributed by atoms with van der Waals surface area (Å²) in [4.78, 5) is 2.55. The topological polar surface area (TPSA) is 67.6 Å². The third-order valence-corrected chi connectivity index (χ3v) is 6.55. The molecule has 8 heteroatoms. The first-order valence-electron chi connectivity index (χ1n) is 10.3. The fourth-order valence-corrected chi connectivity index (χ4v) is 4.73. The summed E-state index contributed by atoms with van der Waals surface area (Å²) >= 11 is 6.03. The fourth-order valence-electron chi connectivity index (χ4n) is 4.61. The summed E-state index contributed by atoms with van der Waals surface area (Å²) < 4.78 is 7.99. The Kier molecular flexibility index (Phi) is 4.21. The van der Waals surface area contributed by atoms with Crippen LogP contribution in [0.4, 0.5) is 5.69 Å². The van der Waals surface area contributed by atoms with Crippen LogP contribution in [-0.2, 0) is 4.74 Å². The number of ether oxygens (including phenoxy) is 1. The van der Waals surface area contributed by atoms with Crippen molar-refractivity contribution in [3.05, 3.63) is 52.9 Å². The first-order chi connectivity index (χ1) is 14.2. The van der Waals surface area contributed by atoms with Gasteiger partial charge in [-0.3, -0.25) is 4.90 Å². The fraction of sp³-hybridized carbons (Fsp3) is 0.476. The molecule has 0 unspecified atom stereocenters. The van der Waals surface area contributed by atoms with Crippen molar-refractivity contribution >= 4 is 22.9 Å². The molecular weight excluding hydrogens is 388 g/mol. The summed E-state index contributed by atoms with van der Waals surface area (Å²) in [5.41, 5.74) is 4.17. The lowest BCUT2D eigenvalue weighted by molar-refractivity contribution is -0.0501. The van der Waals surface area contributed by atoms with Gasteiger partial charge in [0.1, 0.15) is 6.33 Å². The van der Waals surface area contributed by atoms with E-state index in [-0.39, 0.29) is 6.10 Å². The number of aromatic nitrogens is 4. The van der Waals surface area contributed by atoms with Crippen molar-refractivity contribution in [1.82, 2.24) is 24.7 Å². The van der Waals surface area contributed by atoms with Crippen LogP contribution >= 0.6 is 11.6 Å². The summed E-state index contributed by atoms with van der Waals surface area (Å²) in [5, 5.41) is 17.5. The summed E-state index contributed by atoms with van der Waals surface area (Å²) in [5.74, 6) is 0.589. The zero-order valence-corrected chi connectivity index (χ0v) is 16.8. The minimum atomic E-state index is 0.105. The molecule has 3 fully saturated rings. The van der Waals surface area contributed by atoms with Gasteiger partial charge in [0.05, 0.1) is 24.1 Å². The predicted molar refractivity (Wildman–Crippen MR) is 110 cm³/mol. The lowest BCUT2D eigenvalue weighted by Gasteiger charge is -2.35. The average molecular weight is 411 g/mol. The second-order valence-corrected chi connectivity index (χ2v) is 8.85. The second-order valence-electron chi connectivity index (χ2n) is 8.41. The standard InChI is InChI=1S/C21H23ClN6O/c22-15-5-3-14(4-6-15)20-10-27-9-16(7-17(27)11-29-20)24-19-8-18(13-1-2-13)26-28-12-23-25-21(19)28/h3-6,8,12-13,16-17,20,24H,1-2,7,9-11H2/t16-,17-,20+/m0/s1. The molecule has 7 nitrogen and oxygen atoms in total. The Morgan fingerprint density at radius 2 is 2.00 bits per heavy atom. The average Bonchev–Trinajstić information content (AvgIpc) is 3.33. The van der Waals surface area contributed by atoms with Crippen molar-refractivity contribution < 1.29 is 4.74 Å². The number of fused-ring (bicyclic) bond motifs is 2. The van der Waals surface area contributed by atoms with Crippen LogP contribution in [0.2, 0.25) is 5.02 Å². The maximum absolute atomic E-state index is 6.18. The maximum Gasteiger partial charge on any atom is 0.200 e. The van der Waals surface area contributed by atoms with Gasteiger partial charge in [0, 0.05) is 36.1 Å². The zero-order valence-electron chi connectivity index (χ0n) is 16.0. The molecule has 29 heavy (non-hydrogen) atoms. The molecule has 1 saturated carbocycles. The van der Waals surface area contributed by atoms with Crippen molar-refractivity contribution in [2.75, 3.05) is 25.0 Å². The van der Waals surface area contributed by atoms with E-state index in [9.17, 15) is 0 Å². The predicted octanol–water partition coefficient (Wildman–Crippen LogP) is 3.28. The van der Waals surface area contributed by atoms with Crippen LogP contribution in [0.15, 0.2) is 36.7 Å². The molecule has 3 aliphatic rings. The van der Waals surface area contributed by atoms with E-state index in [4.69, 9.17) is 16.3 Å². The van der Waals surface area contributed by atoms with Gasteiger partial charge in [-0.1, -0.05) is 23.7 Å². The van der Waals surface area contributed by atoms with E-state index in [1.54, 1.807) is 10.8 Å². The Hall–Kier alpha value is -2.22. The molecule has 3 atom stereocenters. The summed E-state index contributed by atoms with van der Waals surface area (Å²) in [7, 11) is 0. The third-order valence-electron chi connectivity index (χ3n) is 6.30. The van der Waals surface area contributed by atoms with Gasteiger partial charge >= 0.3 is 0 Å². The molecule has 2 saturated heterocycles. The molecule has 1 aromatic carbocycles. The van der Waals surface area contributed by atoms with Crippen LogP contribution in [-0.4, -0.2) is 56.5 Å². The Morgan fingerprint density at radius 3 is 2.83 bits per heavy atom. The largest absolute Gasteiger partial charge is 0.378 e. The first kappa shape index (κ1) is 17.6. The van der Waals surface area contributed by atoms with Crippen molar-refractivity contribution in [2.24, 2.45) is 0 Å².